The smallest absolute Gasteiger partial charge is 0.291 e. The maximum atomic E-state index is 12.0. The molecule has 0 saturated carbocycles. The molecule has 0 bridgehead atoms. The van der Waals surface area contributed by atoms with Gasteiger partial charge >= 0.3 is 0 Å². The molecular formula is C10H14N4O. The highest BCUT2D eigenvalue weighted by Crippen LogP contribution is 2.20. The van der Waals surface area contributed by atoms with Gasteiger partial charge in [0.15, 0.2) is 5.82 Å². The first-order valence-corrected chi connectivity index (χ1v) is 4.88. The topological polar surface area (TPSA) is 65.8 Å². The van der Waals surface area contributed by atoms with Gasteiger partial charge in [-0.2, -0.15) is 5.10 Å². The second-order valence-electron chi connectivity index (χ2n) is 3.65. The van der Waals surface area contributed by atoms with Crippen LogP contribution < -0.4 is 11.3 Å². The fourth-order valence-corrected chi connectivity index (χ4v) is 1.93. The Morgan fingerprint density at radius 2 is 2.20 bits per heavy atom. The maximum absolute atomic E-state index is 12.0. The summed E-state index contributed by atoms with van der Waals surface area (Å²) in [5.74, 6) is 0.421. The van der Waals surface area contributed by atoms with Gasteiger partial charge in [0.25, 0.3) is 5.56 Å². The molecule has 2 aromatic rings. The van der Waals surface area contributed by atoms with Crippen LogP contribution in [0.25, 0.3) is 10.9 Å². The molecule has 0 atom stereocenters. The molecule has 2 rings (SSSR count). The minimum atomic E-state index is -0.0858. The SMILES string of the molecule is CCn1nc(N)c2c(C)cn(C)c2c1=O. The fourth-order valence-electron chi connectivity index (χ4n) is 1.93. The van der Waals surface area contributed by atoms with Crippen molar-refractivity contribution in [1.82, 2.24) is 14.3 Å². The standard InChI is InChI=1S/C10H14N4O/c1-4-14-10(15)8-7(9(11)12-14)6(2)5-13(8)3/h5H,4H2,1-3H3,(H2,11,12). The maximum Gasteiger partial charge on any atom is 0.291 e. The molecule has 0 radical (unpaired) electrons. The molecule has 0 amide bonds. The summed E-state index contributed by atoms with van der Waals surface area (Å²) in [7, 11) is 1.84. The molecule has 2 heterocycles. The van der Waals surface area contributed by atoms with Crippen LogP contribution in [-0.2, 0) is 13.6 Å². The lowest BCUT2D eigenvalue weighted by molar-refractivity contribution is 0.624. The van der Waals surface area contributed by atoms with Gasteiger partial charge in [-0.25, -0.2) is 4.68 Å². The average Bonchev–Trinajstić information content (AvgIpc) is 2.48. The molecule has 0 aromatic carbocycles. The van der Waals surface area contributed by atoms with Gasteiger partial charge in [-0.05, 0) is 19.4 Å². The van der Waals surface area contributed by atoms with Gasteiger partial charge in [0.05, 0.1) is 5.39 Å². The number of rotatable bonds is 1. The van der Waals surface area contributed by atoms with Gasteiger partial charge in [0.2, 0.25) is 0 Å². The van der Waals surface area contributed by atoms with Crippen molar-refractivity contribution in [3.05, 3.63) is 22.1 Å². The number of nitrogens with two attached hydrogens (primary N) is 1. The van der Waals surface area contributed by atoms with E-state index in [0.717, 1.165) is 10.9 Å². The van der Waals surface area contributed by atoms with Crippen molar-refractivity contribution in [2.75, 3.05) is 5.73 Å². The fraction of sp³-hybridized carbons (Fsp3) is 0.400. The quantitative estimate of drug-likeness (QED) is 0.744. The molecule has 0 fully saturated rings. The number of hydrogen-bond acceptors (Lipinski definition) is 3. The van der Waals surface area contributed by atoms with Crippen molar-refractivity contribution in [3.63, 3.8) is 0 Å². The summed E-state index contributed by atoms with van der Waals surface area (Å²) in [5.41, 5.74) is 7.36. The largest absolute Gasteiger partial charge is 0.382 e. The van der Waals surface area contributed by atoms with E-state index in [9.17, 15) is 4.79 Å². The van der Waals surface area contributed by atoms with Crippen molar-refractivity contribution in [3.8, 4) is 0 Å². The highest BCUT2D eigenvalue weighted by molar-refractivity contribution is 5.91. The van der Waals surface area contributed by atoms with Gasteiger partial charge in [-0.15, -0.1) is 0 Å². The zero-order chi connectivity index (χ0) is 11.2. The van der Waals surface area contributed by atoms with Gasteiger partial charge in [-0.3, -0.25) is 4.79 Å². The highest BCUT2D eigenvalue weighted by Gasteiger charge is 2.13. The van der Waals surface area contributed by atoms with Gasteiger partial charge in [0, 0.05) is 19.8 Å². The average molecular weight is 206 g/mol. The van der Waals surface area contributed by atoms with Crippen LogP contribution >= 0.6 is 0 Å². The van der Waals surface area contributed by atoms with E-state index >= 15 is 0 Å². The van der Waals surface area contributed by atoms with Crippen LogP contribution in [0.15, 0.2) is 11.0 Å². The number of aryl methyl sites for hydroxylation is 3. The van der Waals surface area contributed by atoms with E-state index in [1.807, 2.05) is 27.1 Å². The van der Waals surface area contributed by atoms with E-state index in [1.165, 1.54) is 4.68 Å². The molecule has 2 N–H and O–H groups in total. The zero-order valence-electron chi connectivity index (χ0n) is 9.11. The minimum Gasteiger partial charge on any atom is -0.382 e. The molecule has 80 valence electrons. The lowest BCUT2D eigenvalue weighted by Crippen LogP contribution is -2.24. The summed E-state index contributed by atoms with van der Waals surface area (Å²) in [5, 5.41) is 4.83. The van der Waals surface area contributed by atoms with Crippen LogP contribution in [0.3, 0.4) is 0 Å². The second kappa shape index (κ2) is 3.12. The third-order valence-electron chi connectivity index (χ3n) is 2.59. The predicted molar refractivity (Wildman–Crippen MR) is 59.8 cm³/mol. The summed E-state index contributed by atoms with van der Waals surface area (Å²) in [6.07, 6.45) is 1.89. The van der Waals surface area contributed by atoms with E-state index in [0.29, 0.717) is 17.9 Å². The molecule has 5 nitrogen and oxygen atoms in total. The summed E-state index contributed by atoms with van der Waals surface area (Å²) in [4.78, 5) is 12.0. The Kier molecular flexibility index (Phi) is 2.03. The Morgan fingerprint density at radius 1 is 1.53 bits per heavy atom. The van der Waals surface area contributed by atoms with Crippen molar-refractivity contribution < 1.29 is 0 Å². The van der Waals surface area contributed by atoms with Gasteiger partial charge in [-0.1, -0.05) is 0 Å². The Bertz CT molecular complexity index is 579. The van der Waals surface area contributed by atoms with Crippen LogP contribution in [0.1, 0.15) is 12.5 Å². The van der Waals surface area contributed by atoms with Crippen molar-refractivity contribution in [2.45, 2.75) is 20.4 Å². The third-order valence-corrected chi connectivity index (χ3v) is 2.59. The Labute approximate surface area is 87.1 Å². The molecule has 2 aromatic heterocycles. The Morgan fingerprint density at radius 3 is 2.80 bits per heavy atom. The molecular weight excluding hydrogens is 192 g/mol. The third kappa shape index (κ3) is 1.23. The normalized spacial score (nSPS) is 11.1. The first-order valence-electron chi connectivity index (χ1n) is 4.88. The van der Waals surface area contributed by atoms with Crippen molar-refractivity contribution in [2.24, 2.45) is 7.05 Å². The number of nitrogen functional groups attached to an aromatic ring is 1. The van der Waals surface area contributed by atoms with E-state index in [2.05, 4.69) is 5.10 Å². The first-order chi connectivity index (χ1) is 7.06. The van der Waals surface area contributed by atoms with E-state index in [4.69, 9.17) is 5.73 Å². The number of fused-ring (bicyclic) bond motifs is 1. The van der Waals surface area contributed by atoms with E-state index in [1.54, 1.807) is 4.57 Å². The van der Waals surface area contributed by atoms with Crippen LogP contribution in [0.2, 0.25) is 0 Å². The molecule has 0 spiro atoms. The number of hydrogen-bond donors (Lipinski definition) is 1. The minimum absolute atomic E-state index is 0.0858. The first kappa shape index (κ1) is 9.76. The second-order valence-corrected chi connectivity index (χ2v) is 3.65. The summed E-state index contributed by atoms with van der Waals surface area (Å²) < 4.78 is 3.19. The molecule has 0 aliphatic heterocycles. The van der Waals surface area contributed by atoms with Crippen molar-refractivity contribution >= 4 is 16.7 Å². The molecule has 0 aliphatic rings. The monoisotopic (exact) mass is 206 g/mol. The molecule has 0 saturated heterocycles. The summed E-state index contributed by atoms with van der Waals surface area (Å²) in [6.45, 7) is 4.33. The molecule has 0 aliphatic carbocycles. The van der Waals surface area contributed by atoms with E-state index < -0.39 is 0 Å². The summed E-state index contributed by atoms with van der Waals surface area (Å²) >= 11 is 0. The van der Waals surface area contributed by atoms with Crippen LogP contribution in [0.4, 0.5) is 5.82 Å². The van der Waals surface area contributed by atoms with E-state index in [-0.39, 0.29) is 5.56 Å². The molecule has 15 heavy (non-hydrogen) atoms. The molecule has 0 unspecified atom stereocenters. The lowest BCUT2D eigenvalue weighted by atomic mass is 10.2. The summed E-state index contributed by atoms with van der Waals surface area (Å²) in [6, 6.07) is 0. The Hall–Kier alpha value is -1.78. The number of aromatic nitrogens is 3. The lowest BCUT2D eigenvalue weighted by Gasteiger charge is -2.04. The van der Waals surface area contributed by atoms with Crippen LogP contribution in [-0.4, -0.2) is 14.3 Å². The van der Waals surface area contributed by atoms with Gasteiger partial charge < -0.3 is 10.3 Å². The van der Waals surface area contributed by atoms with Crippen molar-refractivity contribution in [1.29, 1.82) is 0 Å². The Balaban J connectivity index is 3.03. The van der Waals surface area contributed by atoms with Crippen LogP contribution in [0, 0.1) is 6.92 Å². The molecule has 5 heteroatoms. The highest BCUT2D eigenvalue weighted by atomic mass is 16.1. The predicted octanol–water partition coefficient (Wildman–Crippen LogP) is 0.646. The zero-order valence-corrected chi connectivity index (χ0v) is 9.11. The number of nitrogens with zero attached hydrogens (tertiary/aromatic N) is 3. The van der Waals surface area contributed by atoms with Gasteiger partial charge in [0.1, 0.15) is 5.52 Å². The van der Waals surface area contributed by atoms with Crippen LogP contribution in [0.5, 0.6) is 0 Å². The number of anilines is 1.